The van der Waals surface area contributed by atoms with Gasteiger partial charge in [0.1, 0.15) is 17.6 Å². The number of carbonyl (C=O) groups is 1. The third kappa shape index (κ3) is 4.35. The van der Waals surface area contributed by atoms with Gasteiger partial charge in [-0.2, -0.15) is 5.26 Å². The van der Waals surface area contributed by atoms with Crippen molar-refractivity contribution in [2.75, 3.05) is 0 Å². The Morgan fingerprint density at radius 2 is 1.85 bits per heavy atom. The quantitative estimate of drug-likeness (QED) is 0.673. The largest absolute Gasteiger partial charge is 0.494 e. The minimum atomic E-state index is -0.897. The zero-order valence-electron chi connectivity index (χ0n) is 19.6. The topological polar surface area (TPSA) is 94.6 Å². The number of hydrogen-bond donors (Lipinski definition) is 1. The van der Waals surface area contributed by atoms with E-state index in [4.69, 9.17) is 19.8 Å². The Labute approximate surface area is 194 Å². The van der Waals surface area contributed by atoms with Gasteiger partial charge in [0.05, 0.1) is 28.4 Å². The van der Waals surface area contributed by atoms with E-state index in [2.05, 4.69) is 6.07 Å². The molecule has 2 aromatic carbocycles. The van der Waals surface area contributed by atoms with Crippen molar-refractivity contribution in [1.82, 2.24) is 0 Å². The second kappa shape index (κ2) is 8.16. The van der Waals surface area contributed by atoms with Crippen molar-refractivity contribution in [2.24, 2.45) is 11.7 Å². The van der Waals surface area contributed by atoms with Crippen molar-refractivity contribution >= 4 is 18.5 Å². The fourth-order valence-electron chi connectivity index (χ4n) is 3.90. The van der Waals surface area contributed by atoms with Crippen LogP contribution in [0.4, 0.5) is 4.39 Å². The average Bonchev–Trinajstić information content (AvgIpc) is 3.55. The molecule has 8 heteroatoms. The van der Waals surface area contributed by atoms with Gasteiger partial charge in [-0.1, -0.05) is 12.1 Å². The molecule has 1 saturated heterocycles. The van der Waals surface area contributed by atoms with Gasteiger partial charge in [0, 0.05) is 5.56 Å². The van der Waals surface area contributed by atoms with Gasteiger partial charge >= 0.3 is 7.12 Å². The molecular formula is C25H28BFN2O4. The summed E-state index contributed by atoms with van der Waals surface area (Å²) < 4.78 is 33.5. The van der Waals surface area contributed by atoms with Crippen LogP contribution in [0.5, 0.6) is 5.75 Å². The van der Waals surface area contributed by atoms with Crippen molar-refractivity contribution in [3.63, 3.8) is 0 Å². The summed E-state index contributed by atoms with van der Waals surface area (Å²) in [5.41, 5.74) is 5.32. The van der Waals surface area contributed by atoms with Crippen molar-refractivity contribution in [2.45, 2.75) is 64.8 Å². The number of hydrogen-bond acceptors (Lipinski definition) is 5. The van der Waals surface area contributed by atoms with Crippen molar-refractivity contribution in [3.05, 3.63) is 47.3 Å². The molecule has 2 N–H and O–H groups in total. The molecule has 1 unspecified atom stereocenters. The van der Waals surface area contributed by atoms with Crippen LogP contribution in [0.1, 0.15) is 63.4 Å². The predicted octanol–water partition coefficient (Wildman–Crippen LogP) is 3.94. The Balaban J connectivity index is 1.76. The van der Waals surface area contributed by atoms with Crippen LogP contribution in [-0.2, 0) is 9.31 Å². The molecule has 0 spiro atoms. The first kappa shape index (κ1) is 23.3. The molecule has 1 aliphatic carbocycles. The van der Waals surface area contributed by atoms with E-state index in [1.54, 1.807) is 24.3 Å². The molecule has 6 nitrogen and oxygen atoms in total. The minimum Gasteiger partial charge on any atom is -0.489 e. The number of nitrogens with two attached hydrogens (primary N) is 1. The maximum absolute atomic E-state index is 15.3. The average molecular weight is 450 g/mol. The maximum atomic E-state index is 15.3. The van der Waals surface area contributed by atoms with Crippen LogP contribution in [0.3, 0.4) is 0 Å². The number of nitrogens with zero attached hydrogens (tertiary/aromatic N) is 1. The summed E-state index contributed by atoms with van der Waals surface area (Å²) in [6, 6.07) is 9.97. The highest BCUT2D eigenvalue weighted by atomic mass is 19.1. The van der Waals surface area contributed by atoms with Crippen LogP contribution in [-0.4, -0.2) is 30.3 Å². The van der Waals surface area contributed by atoms with Gasteiger partial charge in [0.15, 0.2) is 0 Å². The van der Waals surface area contributed by atoms with Crippen LogP contribution >= 0.6 is 0 Å². The molecule has 1 atom stereocenters. The second-order valence-corrected chi connectivity index (χ2v) is 9.87. The zero-order chi connectivity index (χ0) is 24.1. The molecule has 0 radical (unpaired) electrons. The molecule has 172 valence electrons. The molecule has 2 aliphatic rings. The summed E-state index contributed by atoms with van der Waals surface area (Å²) in [6.45, 7) is 9.62. The van der Waals surface area contributed by atoms with E-state index in [0.29, 0.717) is 28.3 Å². The van der Waals surface area contributed by atoms with E-state index in [1.807, 2.05) is 34.6 Å². The van der Waals surface area contributed by atoms with E-state index < -0.39 is 30.0 Å². The van der Waals surface area contributed by atoms with E-state index in [0.717, 1.165) is 12.8 Å². The molecule has 1 saturated carbocycles. The van der Waals surface area contributed by atoms with Crippen LogP contribution < -0.4 is 15.9 Å². The van der Waals surface area contributed by atoms with Crippen LogP contribution in [0.2, 0.25) is 0 Å². The highest BCUT2D eigenvalue weighted by Gasteiger charge is 2.52. The molecule has 2 fully saturated rings. The van der Waals surface area contributed by atoms with Crippen LogP contribution in [0, 0.1) is 23.1 Å². The third-order valence-electron chi connectivity index (χ3n) is 6.90. The summed E-state index contributed by atoms with van der Waals surface area (Å²) in [4.78, 5) is 12.0. The summed E-state index contributed by atoms with van der Waals surface area (Å²) in [5, 5.41) is 9.67. The van der Waals surface area contributed by atoms with Gasteiger partial charge in [-0.05, 0) is 82.6 Å². The first-order valence-corrected chi connectivity index (χ1v) is 11.1. The summed E-state index contributed by atoms with van der Waals surface area (Å²) >= 11 is 0. The first-order chi connectivity index (χ1) is 15.4. The van der Waals surface area contributed by atoms with Crippen molar-refractivity contribution in [1.29, 1.82) is 5.26 Å². The van der Waals surface area contributed by atoms with Crippen LogP contribution in [0.25, 0.3) is 11.1 Å². The first-order valence-electron chi connectivity index (χ1n) is 11.1. The molecule has 33 heavy (non-hydrogen) atoms. The van der Waals surface area contributed by atoms with Gasteiger partial charge < -0.3 is 19.8 Å². The number of rotatable bonds is 6. The second-order valence-electron chi connectivity index (χ2n) is 9.87. The fourth-order valence-corrected chi connectivity index (χ4v) is 3.90. The SMILES string of the molecule is CC(Oc1ccc(-c2cc(B3OC(C)(C)C(C)(C)O3)cc(C(N)=O)c2F)cc1C#N)C1CC1. The van der Waals surface area contributed by atoms with Gasteiger partial charge in [-0.25, -0.2) is 4.39 Å². The number of nitriles is 1. The Bertz CT molecular complexity index is 1140. The molecule has 2 aromatic rings. The molecule has 0 aromatic heterocycles. The zero-order valence-corrected chi connectivity index (χ0v) is 19.6. The Hall–Kier alpha value is -2.89. The van der Waals surface area contributed by atoms with Gasteiger partial charge in [0.2, 0.25) is 0 Å². The summed E-state index contributed by atoms with van der Waals surface area (Å²) in [6.07, 6.45) is 2.25. The maximum Gasteiger partial charge on any atom is 0.494 e. The number of benzene rings is 2. The number of primary amides is 1. The monoisotopic (exact) mass is 450 g/mol. The fraction of sp³-hybridized carbons (Fsp3) is 0.440. The molecule has 4 rings (SSSR count). The van der Waals surface area contributed by atoms with Gasteiger partial charge in [-0.15, -0.1) is 0 Å². The predicted molar refractivity (Wildman–Crippen MR) is 124 cm³/mol. The lowest BCUT2D eigenvalue weighted by molar-refractivity contribution is 0.00578. The summed E-state index contributed by atoms with van der Waals surface area (Å²) in [5.74, 6) is -0.695. The number of ether oxygens (including phenoxy) is 1. The van der Waals surface area contributed by atoms with Gasteiger partial charge in [0.25, 0.3) is 5.91 Å². The molecule has 1 heterocycles. The van der Waals surface area contributed by atoms with E-state index in [1.165, 1.54) is 6.07 Å². The van der Waals surface area contributed by atoms with Crippen LogP contribution in [0.15, 0.2) is 30.3 Å². The van der Waals surface area contributed by atoms with Crippen molar-refractivity contribution < 1.29 is 23.2 Å². The van der Waals surface area contributed by atoms with Gasteiger partial charge in [-0.3, -0.25) is 4.79 Å². The number of carbonyl (C=O) groups excluding carboxylic acids is 1. The summed E-state index contributed by atoms with van der Waals surface area (Å²) in [7, 11) is -0.801. The van der Waals surface area contributed by atoms with E-state index in [9.17, 15) is 10.1 Å². The Morgan fingerprint density at radius 1 is 1.21 bits per heavy atom. The van der Waals surface area contributed by atoms with E-state index in [-0.39, 0.29) is 17.2 Å². The standard InChI is InChI=1S/C25H28BFN2O4/c1-14(15-6-7-15)31-21-9-8-16(10-17(21)13-28)19-11-18(12-20(22(19)27)23(29)30)26-32-24(2,3)25(4,5)33-26/h8-12,14-15H,6-7H2,1-5H3,(H2,29,30). The Kier molecular flexibility index (Phi) is 5.75. The lowest BCUT2D eigenvalue weighted by atomic mass is 9.76. The van der Waals surface area contributed by atoms with E-state index >= 15 is 4.39 Å². The lowest BCUT2D eigenvalue weighted by Crippen LogP contribution is -2.41. The highest BCUT2D eigenvalue weighted by molar-refractivity contribution is 6.62. The molecule has 1 aliphatic heterocycles. The molecule has 0 bridgehead atoms. The lowest BCUT2D eigenvalue weighted by Gasteiger charge is -2.32. The Morgan fingerprint density at radius 3 is 2.39 bits per heavy atom. The molecular weight excluding hydrogens is 422 g/mol. The minimum absolute atomic E-state index is 0.00727. The number of halogens is 1. The molecule has 1 amide bonds. The highest BCUT2D eigenvalue weighted by Crippen LogP contribution is 2.38. The third-order valence-corrected chi connectivity index (χ3v) is 6.90. The smallest absolute Gasteiger partial charge is 0.489 e. The normalized spacial score (nSPS) is 19.7. The van der Waals surface area contributed by atoms with Crippen molar-refractivity contribution in [3.8, 4) is 22.9 Å². The number of amides is 1.